The predicted octanol–water partition coefficient (Wildman–Crippen LogP) is 1.71. The van der Waals surface area contributed by atoms with E-state index in [-0.39, 0.29) is 24.0 Å². The molecule has 148 valence electrons. The number of rotatable bonds is 10. The molecule has 0 aliphatic carbocycles. The van der Waals surface area contributed by atoms with Gasteiger partial charge in [-0.15, -0.1) is 24.0 Å². The average molecular weight is 478 g/mol. The fourth-order valence-electron chi connectivity index (χ4n) is 2.53. The molecule has 7 nitrogen and oxygen atoms in total. The predicted molar refractivity (Wildman–Crippen MR) is 115 cm³/mol. The molecule has 0 unspecified atom stereocenters. The van der Waals surface area contributed by atoms with Crippen LogP contribution in [0.1, 0.15) is 12.8 Å². The summed E-state index contributed by atoms with van der Waals surface area (Å²) >= 11 is 0. The molecule has 0 bridgehead atoms. The van der Waals surface area contributed by atoms with Gasteiger partial charge in [-0.1, -0.05) is 0 Å². The van der Waals surface area contributed by atoms with Gasteiger partial charge < -0.3 is 25.3 Å². The lowest BCUT2D eigenvalue weighted by atomic mass is 10.3. The summed E-state index contributed by atoms with van der Waals surface area (Å²) in [5, 5.41) is 3.16. The number of methoxy groups -OCH3 is 1. The van der Waals surface area contributed by atoms with Gasteiger partial charge in [-0.05, 0) is 37.2 Å². The monoisotopic (exact) mass is 478 g/mol. The zero-order valence-electron chi connectivity index (χ0n) is 15.5. The molecule has 1 aliphatic heterocycles. The SMILES string of the molecule is COc1ccc(OCCCN=C(N)NCCCN2CCOCC2)cc1.I. The Balaban J connectivity index is 0.00000338. The van der Waals surface area contributed by atoms with Crippen LogP contribution in [0.2, 0.25) is 0 Å². The second-order valence-electron chi connectivity index (χ2n) is 5.88. The summed E-state index contributed by atoms with van der Waals surface area (Å²) in [7, 11) is 1.65. The molecule has 1 aromatic carbocycles. The second-order valence-corrected chi connectivity index (χ2v) is 5.88. The summed E-state index contributed by atoms with van der Waals surface area (Å²) in [6.45, 7) is 6.91. The van der Waals surface area contributed by atoms with E-state index in [1.807, 2.05) is 24.3 Å². The number of guanidine groups is 1. The van der Waals surface area contributed by atoms with Crippen molar-refractivity contribution in [1.82, 2.24) is 10.2 Å². The molecular weight excluding hydrogens is 447 g/mol. The van der Waals surface area contributed by atoms with Crippen molar-refractivity contribution in [2.45, 2.75) is 12.8 Å². The van der Waals surface area contributed by atoms with Gasteiger partial charge in [0.15, 0.2) is 5.96 Å². The Labute approximate surface area is 173 Å². The van der Waals surface area contributed by atoms with Gasteiger partial charge in [-0.3, -0.25) is 9.89 Å². The van der Waals surface area contributed by atoms with Crippen LogP contribution in [0.4, 0.5) is 0 Å². The summed E-state index contributed by atoms with van der Waals surface area (Å²) in [6, 6.07) is 7.55. The zero-order chi connectivity index (χ0) is 17.7. The molecule has 0 spiro atoms. The molecule has 1 aliphatic rings. The van der Waals surface area contributed by atoms with Crippen molar-refractivity contribution in [3.8, 4) is 11.5 Å². The topological polar surface area (TPSA) is 81.3 Å². The van der Waals surface area contributed by atoms with E-state index in [2.05, 4.69) is 15.2 Å². The first-order valence-corrected chi connectivity index (χ1v) is 8.88. The molecule has 2 rings (SSSR count). The van der Waals surface area contributed by atoms with E-state index in [4.69, 9.17) is 19.9 Å². The molecule has 0 radical (unpaired) electrons. The van der Waals surface area contributed by atoms with Crippen molar-refractivity contribution < 1.29 is 14.2 Å². The molecule has 1 heterocycles. The van der Waals surface area contributed by atoms with Crippen LogP contribution in [0.3, 0.4) is 0 Å². The number of benzene rings is 1. The van der Waals surface area contributed by atoms with Crippen LogP contribution in [0.25, 0.3) is 0 Å². The minimum atomic E-state index is 0. The number of halogens is 1. The normalized spacial score (nSPS) is 15.2. The van der Waals surface area contributed by atoms with Crippen LogP contribution in [0, 0.1) is 0 Å². The van der Waals surface area contributed by atoms with E-state index in [9.17, 15) is 0 Å². The van der Waals surface area contributed by atoms with E-state index in [1.54, 1.807) is 7.11 Å². The zero-order valence-corrected chi connectivity index (χ0v) is 17.8. The molecule has 0 amide bonds. The van der Waals surface area contributed by atoms with Crippen molar-refractivity contribution in [2.75, 3.05) is 59.7 Å². The number of nitrogens with zero attached hydrogens (tertiary/aromatic N) is 2. The fraction of sp³-hybridized carbons (Fsp3) is 0.611. The quantitative estimate of drug-likeness (QED) is 0.231. The maximum absolute atomic E-state index is 5.87. The van der Waals surface area contributed by atoms with Gasteiger partial charge in [0.2, 0.25) is 0 Å². The van der Waals surface area contributed by atoms with Crippen molar-refractivity contribution >= 4 is 29.9 Å². The summed E-state index contributed by atoms with van der Waals surface area (Å²) in [6.07, 6.45) is 1.87. The van der Waals surface area contributed by atoms with Gasteiger partial charge in [0.25, 0.3) is 0 Å². The molecule has 1 aromatic rings. The lowest BCUT2D eigenvalue weighted by Gasteiger charge is -2.26. The largest absolute Gasteiger partial charge is 0.497 e. The maximum atomic E-state index is 5.87. The first-order valence-electron chi connectivity index (χ1n) is 8.88. The highest BCUT2D eigenvalue weighted by Gasteiger charge is 2.08. The Bertz CT molecular complexity index is 508. The molecule has 3 N–H and O–H groups in total. The lowest BCUT2D eigenvalue weighted by molar-refractivity contribution is 0.0376. The van der Waals surface area contributed by atoms with Crippen molar-refractivity contribution in [3.05, 3.63) is 24.3 Å². The van der Waals surface area contributed by atoms with Crippen molar-refractivity contribution in [2.24, 2.45) is 10.7 Å². The number of morpholine rings is 1. The minimum Gasteiger partial charge on any atom is -0.497 e. The summed E-state index contributed by atoms with van der Waals surface area (Å²) < 4.78 is 16.1. The number of aliphatic imine (C=N–C) groups is 1. The van der Waals surface area contributed by atoms with Gasteiger partial charge >= 0.3 is 0 Å². The Hall–Kier alpha value is -1.26. The smallest absolute Gasteiger partial charge is 0.188 e. The summed E-state index contributed by atoms with van der Waals surface area (Å²) in [4.78, 5) is 6.73. The Kier molecular flexibility index (Phi) is 12.2. The van der Waals surface area contributed by atoms with E-state index in [1.165, 1.54) is 0 Å². The standard InChI is InChI=1S/C18H30N4O3.HI/c1-23-16-4-6-17(7-5-16)25-13-3-9-21-18(19)20-8-2-10-22-11-14-24-15-12-22;/h4-7H,2-3,8-15H2,1H3,(H3,19,20,21);1H. The van der Waals surface area contributed by atoms with Crippen LogP contribution < -0.4 is 20.5 Å². The molecule has 0 saturated carbocycles. The first-order chi connectivity index (χ1) is 12.3. The molecule has 26 heavy (non-hydrogen) atoms. The van der Waals surface area contributed by atoms with Gasteiger partial charge in [-0.25, -0.2) is 0 Å². The van der Waals surface area contributed by atoms with E-state index in [0.717, 1.165) is 63.7 Å². The molecule has 8 heteroatoms. The molecule has 1 fully saturated rings. The van der Waals surface area contributed by atoms with E-state index in [0.29, 0.717) is 19.1 Å². The molecule has 1 saturated heterocycles. The van der Waals surface area contributed by atoms with Crippen LogP contribution in [0.15, 0.2) is 29.3 Å². The summed E-state index contributed by atoms with van der Waals surface area (Å²) in [5.74, 6) is 2.16. The van der Waals surface area contributed by atoms with Gasteiger partial charge in [0.1, 0.15) is 11.5 Å². The number of nitrogens with one attached hydrogen (secondary N) is 1. The average Bonchev–Trinajstić information content (AvgIpc) is 2.66. The Morgan fingerprint density at radius 3 is 2.58 bits per heavy atom. The third kappa shape index (κ3) is 9.44. The molecule has 0 atom stereocenters. The second kappa shape index (κ2) is 13.9. The number of nitrogens with two attached hydrogens (primary N) is 1. The van der Waals surface area contributed by atoms with E-state index >= 15 is 0 Å². The van der Waals surface area contributed by atoms with Crippen LogP contribution in [-0.4, -0.2) is 70.5 Å². The van der Waals surface area contributed by atoms with E-state index < -0.39 is 0 Å². The van der Waals surface area contributed by atoms with Crippen molar-refractivity contribution in [3.63, 3.8) is 0 Å². The minimum absolute atomic E-state index is 0. The highest BCUT2D eigenvalue weighted by molar-refractivity contribution is 14.0. The number of hydrogen-bond donors (Lipinski definition) is 2. The number of ether oxygens (including phenoxy) is 3. The van der Waals surface area contributed by atoms with Crippen LogP contribution in [-0.2, 0) is 4.74 Å². The maximum Gasteiger partial charge on any atom is 0.188 e. The van der Waals surface area contributed by atoms with Crippen molar-refractivity contribution in [1.29, 1.82) is 0 Å². The molecular formula is C18H31IN4O3. The van der Waals surface area contributed by atoms with Gasteiger partial charge in [0, 0.05) is 32.6 Å². The number of hydrogen-bond acceptors (Lipinski definition) is 5. The van der Waals surface area contributed by atoms with Gasteiger partial charge in [-0.2, -0.15) is 0 Å². The van der Waals surface area contributed by atoms with Crippen LogP contribution in [0.5, 0.6) is 11.5 Å². The lowest BCUT2D eigenvalue weighted by Crippen LogP contribution is -2.39. The highest BCUT2D eigenvalue weighted by Crippen LogP contribution is 2.16. The van der Waals surface area contributed by atoms with Gasteiger partial charge in [0.05, 0.1) is 26.9 Å². The fourth-order valence-corrected chi connectivity index (χ4v) is 2.53. The third-order valence-corrected chi connectivity index (χ3v) is 3.97. The molecule has 0 aromatic heterocycles. The Morgan fingerprint density at radius 2 is 1.88 bits per heavy atom. The third-order valence-electron chi connectivity index (χ3n) is 3.97. The Morgan fingerprint density at radius 1 is 1.19 bits per heavy atom. The first kappa shape index (κ1) is 22.8. The highest BCUT2D eigenvalue weighted by atomic mass is 127. The summed E-state index contributed by atoms with van der Waals surface area (Å²) in [5.41, 5.74) is 5.87. The van der Waals surface area contributed by atoms with Crippen LogP contribution >= 0.6 is 24.0 Å².